The van der Waals surface area contributed by atoms with Crippen LogP contribution < -0.4 is 4.74 Å². The molecule has 0 saturated carbocycles. The summed E-state index contributed by atoms with van der Waals surface area (Å²) in [7, 11) is -1.16. The lowest BCUT2D eigenvalue weighted by atomic mass is 10.1. The largest absolute Gasteiger partial charge is 0.496 e. The summed E-state index contributed by atoms with van der Waals surface area (Å²) in [5.74, 6) is 0.632. The van der Waals surface area contributed by atoms with Crippen molar-refractivity contribution in [2.75, 3.05) is 20.7 Å². The monoisotopic (exact) mass is 373 g/mol. The standard InChI is InChI=1S/C17H18F3NO3S/c1-21(11-10-13-6-3-4-9-16(13)24-2)25(22,23)15-8-5-7-14(12-15)17(18,19)20/h3-9,12H,10-11H2,1-2H3. The second-order valence-corrected chi connectivity index (χ2v) is 7.46. The third-order valence-corrected chi connectivity index (χ3v) is 5.61. The minimum Gasteiger partial charge on any atom is -0.496 e. The Morgan fingerprint density at radius 1 is 1.08 bits per heavy atom. The minimum atomic E-state index is -4.60. The third-order valence-electron chi connectivity index (χ3n) is 3.76. The predicted octanol–water partition coefficient (Wildman–Crippen LogP) is 3.58. The molecule has 0 spiro atoms. The molecule has 2 aromatic rings. The molecule has 0 heterocycles. The number of hydrogen-bond acceptors (Lipinski definition) is 3. The van der Waals surface area contributed by atoms with Crippen molar-refractivity contribution in [2.24, 2.45) is 0 Å². The lowest BCUT2D eigenvalue weighted by Crippen LogP contribution is -2.29. The van der Waals surface area contributed by atoms with E-state index in [4.69, 9.17) is 4.74 Å². The molecule has 0 amide bonds. The second-order valence-electron chi connectivity index (χ2n) is 5.41. The number of nitrogens with zero attached hydrogens (tertiary/aromatic N) is 1. The summed E-state index contributed by atoms with van der Waals surface area (Å²) < 4.78 is 69.6. The second kappa shape index (κ2) is 7.45. The van der Waals surface area contributed by atoms with Gasteiger partial charge in [0.25, 0.3) is 0 Å². The van der Waals surface area contributed by atoms with Crippen LogP contribution in [-0.4, -0.2) is 33.4 Å². The fourth-order valence-electron chi connectivity index (χ4n) is 2.32. The summed E-state index contributed by atoms with van der Waals surface area (Å²) >= 11 is 0. The molecule has 0 N–H and O–H groups in total. The van der Waals surface area contributed by atoms with Crippen LogP contribution in [0, 0.1) is 0 Å². The van der Waals surface area contributed by atoms with Gasteiger partial charge in [-0.3, -0.25) is 0 Å². The van der Waals surface area contributed by atoms with Gasteiger partial charge in [0.1, 0.15) is 5.75 Å². The Hall–Kier alpha value is -2.06. The first-order valence-electron chi connectivity index (χ1n) is 7.42. The van der Waals surface area contributed by atoms with Gasteiger partial charge >= 0.3 is 6.18 Å². The molecule has 0 aliphatic heterocycles. The highest BCUT2D eigenvalue weighted by Crippen LogP contribution is 2.31. The highest BCUT2D eigenvalue weighted by Gasteiger charge is 2.32. The van der Waals surface area contributed by atoms with Crippen molar-refractivity contribution in [1.82, 2.24) is 4.31 Å². The molecule has 2 aromatic carbocycles. The highest BCUT2D eigenvalue weighted by molar-refractivity contribution is 7.89. The maximum atomic E-state index is 12.8. The van der Waals surface area contributed by atoms with Crippen molar-refractivity contribution in [2.45, 2.75) is 17.5 Å². The first kappa shape index (κ1) is 19.3. The molecule has 0 saturated heterocycles. The van der Waals surface area contributed by atoms with Crippen molar-refractivity contribution in [3.8, 4) is 5.75 Å². The van der Waals surface area contributed by atoms with Gasteiger partial charge in [-0.2, -0.15) is 13.2 Å². The Morgan fingerprint density at radius 2 is 1.76 bits per heavy atom. The van der Waals surface area contributed by atoms with Crippen LogP contribution in [0.4, 0.5) is 13.2 Å². The Kier molecular flexibility index (Phi) is 5.74. The summed E-state index contributed by atoms with van der Waals surface area (Å²) in [5, 5.41) is 0. The van der Waals surface area contributed by atoms with Crippen LogP contribution in [0.5, 0.6) is 5.75 Å². The molecule has 2 rings (SSSR count). The molecular weight excluding hydrogens is 355 g/mol. The van der Waals surface area contributed by atoms with Gasteiger partial charge in [-0.15, -0.1) is 0 Å². The van der Waals surface area contributed by atoms with E-state index in [1.54, 1.807) is 18.2 Å². The normalized spacial score (nSPS) is 12.4. The molecule has 0 fully saturated rings. The van der Waals surface area contributed by atoms with Crippen molar-refractivity contribution in [3.05, 3.63) is 59.7 Å². The van der Waals surface area contributed by atoms with Gasteiger partial charge in [-0.05, 0) is 36.2 Å². The molecule has 0 bridgehead atoms. The summed E-state index contributed by atoms with van der Waals surface area (Å²) in [4.78, 5) is -0.384. The smallest absolute Gasteiger partial charge is 0.416 e. The van der Waals surface area contributed by atoms with E-state index in [0.29, 0.717) is 18.2 Å². The number of ether oxygens (including phenoxy) is 1. The van der Waals surface area contributed by atoms with Crippen LogP contribution in [-0.2, 0) is 22.6 Å². The van der Waals surface area contributed by atoms with Crippen LogP contribution in [0.3, 0.4) is 0 Å². The topological polar surface area (TPSA) is 46.6 Å². The Balaban J connectivity index is 2.19. The van der Waals surface area contributed by atoms with Gasteiger partial charge < -0.3 is 4.74 Å². The third kappa shape index (κ3) is 4.52. The number of hydrogen-bond donors (Lipinski definition) is 0. The van der Waals surface area contributed by atoms with Gasteiger partial charge in [0.15, 0.2) is 0 Å². The van der Waals surface area contributed by atoms with Gasteiger partial charge in [-0.25, -0.2) is 12.7 Å². The average Bonchev–Trinajstić information content (AvgIpc) is 2.59. The van der Waals surface area contributed by atoms with Crippen LogP contribution in [0.15, 0.2) is 53.4 Å². The van der Waals surface area contributed by atoms with E-state index in [0.717, 1.165) is 28.1 Å². The number of methoxy groups -OCH3 is 1. The molecule has 136 valence electrons. The quantitative estimate of drug-likeness (QED) is 0.778. The SMILES string of the molecule is COc1ccccc1CCN(C)S(=O)(=O)c1cccc(C(F)(F)F)c1. The molecule has 8 heteroatoms. The Morgan fingerprint density at radius 3 is 2.40 bits per heavy atom. The van der Waals surface area contributed by atoms with E-state index < -0.39 is 21.8 Å². The van der Waals surface area contributed by atoms with Gasteiger partial charge in [0.2, 0.25) is 10.0 Å². The van der Waals surface area contributed by atoms with Crippen molar-refractivity contribution < 1.29 is 26.3 Å². The summed E-state index contributed by atoms with van der Waals surface area (Å²) in [5.41, 5.74) is -0.178. The molecule has 0 aliphatic rings. The summed E-state index contributed by atoms with van der Waals surface area (Å²) in [6.07, 6.45) is -4.22. The van der Waals surface area contributed by atoms with E-state index >= 15 is 0 Å². The number of halogens is 3. The lowest BCUT2D eigenvalue weighted by Gasteiger charge is -2.18. The molecule has 0 aromatic heterocycles. The Bertz CT molecular complexity index is 835. The first-order chi connectivity index (χ1) is 11.7. The maximum absolute atomic E-state index is 12.8. The van der Waals surface area contributed by atoms with Gasteiger partial charge in [0.05, 0.1) is 17.6 Å². The summed E-state index contributed by atoms with van der Waals surface area (Å²) in [6.45, 7) is 0.110. The van der Waals surface area contributed by atoms with E-state index in [2.05, 4.69) is 0 Å². The van der Waals surface area contributed by atoms with Crippen LogP contribution in [0.2, 0.25) is 0 Å². The fourth-order valence-corrected chi connectivity index (χ4v) is 3.54. The number of benzene rings is 2. The number of sulfonamides is 1. The zero-order valence-electron chi connectivity index (χ0n) is 13.7. The number of rotatable bonds is 6. The highest BCUT2D eigenvalue weighted by atomic mass is 32.2. The van der Waals surface area contributed by atoms with E-state index in [-0.39, 0.29) is 11.4 Å². The van der Waals surface area contributed by atoms with Crippen molar-refractivity contribution >= 4 is 10.0 Å². The van der Waals surface area contributed by atoms with Crippen molar-refractivity contribution in [1.29, 1.82) is 0 Å². The van der Waals surface area contributed by atoms with E-state index in [1.807, 2.05) is 6.07 Å². The summed E-state index contributed by atoms with van der Waals surface area (Å²) in [6, 6.07) is 10.9. The molecule has 0 radical (unpaired) electrons. The van der Waals surface area contributed by atoms with Crippen LogP contribution >= 0.6 is 0 Å². The van der Waals surface area contributed by atoms with E-state index in [9.17, 15) is 21.6 Å². The van der Waals surface area contributed by atoms with Crippen molar-refractivity contribution in [3.63, 3.8) is 0 Å². The molecule has 0 unspecified atom stereocenters. The average molecular weight is 373 g/mol. The predicted molar refractivity (Wildman–Crippen MR) is 88.0 cm³/mol. The minimum absolute atomic E-state index is 0.110. The van der Waals surface area contributed by atoms with Crippen LogP contribution in [0.1, 0.15) is 11.1 Å². The molecule has 25 heavy (non-hydrogen) atoms. The van der Waals surface area contributed by atoms with Crippen LogP contribution in [0.25, 0.3) is 0 Å². The molecule has 0 atom stereocenters. The maximum Gasteiger partial charge on any atom is 0.416 e. The van der Waals surface area contributed by atoms with Gasteiger partial charge in [0, 0.05) is 13.6 Å². The lowest BCUT2D eigenvalue weighted by molar-refractivity contribution is -0.137. The number of alkyl halides is 3. The zero-order chi connectivity index (χ0) is 18.7. The van der Waals surface area contributed by atoms with Gasteiger partial charge in [-0.1, -0.05) is 24.3 Å². The first-order valence-corrected chi connectivity index (χ1v) is 8.86. The van der Waals surface area contributed by atoms with E-state index in [1.165, 1.54) is 14.2 Å². The molecule has 0 aliphatic carbocycles. The molecule has 4 nitrogen and oxygen atoms in total. The number of para-hydroxylation sites is 1. The zero-order valence-corrected chi connectivity index (χ0v) is 14.6. The fraction of sp³-hybridized carbons (Fsp3) is 0.294. The Labute approximate surface area is 144 Å². The molecular formula is C17H18F3NO3S. The number of likely N-dealkylation sites (N-methyl/N-ethyl adjacent to an activating group) is 1.